The summed E-state index contributed by atoms with van der Waals surface area (Å²) >= 11 is 0. The van der Waals surface area contributed by atoms with Crippen LogP contribution in [0.5, 0.6) is 5.75 Å². The van der Waals surface area contributed by atoms with E-state index in [0.717, 1.165) is 0 Å². The van der Waals surface area contributed by atoms with E-state index in [1.807, 2.05) is 6.07 Å². The highest BCUT2D eigenvalue weighted by atomic mass is 32.2. The molecule has 8 heteroatoms. The zero-order chi connectivity index (χ0) is 15.1. The van der Waals surface area contributed by atoms with Gasteiger partial charge >= 0.3 is 6.03 Å². The normalized spacial score (nSPS) is 17.2. The number of hydrogen-bond acceptors (Lipinski definition) is 5. The van der Waals surface area contributed by atoms with Crippen LogP contribution in [0.15, 0.2) is 24.5 Å². The lowest BCUT2D eigenvalue weighted by molar-refractivity contribution is 0.201. The van der Waals surface area contributed by atoms with Crippen molar-refractivity contribution >= 4 is 15.9 Å². The van der Waals surface area contributed by atoms with Crippen LogP contribution in [0.2, 0.25) is 0 Å². The standard InChI is InChI=1S/C13H19N3O4S/c17-13(16-6-9-21(18,19)10-7-16)15-5-2-8-20-12-3-1-4-14-11-12/h1,3-4,11H,2,5-10H2,(H,15,17). The molecule has 21 heavy (non-hydrogen) atoms. The van der Waals surface area contributed by atoms with Crippen LogP contribution in [0, 0.1) is 0 Å². The predicted octanol–water partition coefficient (Wildman–Crippen LogP) is 0.291. The van der Waals surface area contributed by atoms with Crippen LogP contribution in [0.25, 0.3) is 0 Å². The second-order valence-corrected chi connectivity index (χ2v) is 7.07. The van der Waals surface area contributed by atoms with Gasteiger partial charge in [-0.1, -0.05) is 0 Å². The summed E-state index contributed by atoms with van der Waals surface area (Å²) in [6, 6.07) is 3.40. The van der Waals surface area contributed by atoms with Gasteiger partial charge in [0.2, 0.25) is 0 Å². The van der Waals surface area contributed by atoms with Crippen molar-refractivity contribution in [2.24, 2.45) is 0 Å². The number of carbonyl (C=O) groups is 1. The molecule has 1 aliphatic rings. The van der Waals surface area contributed by atoms with Crippen molar-refractivity contribution < 1.29 is 17.9 Å². The van der Waals surface area contributed by atoms with Crippen molar-refractivity contribution in [3.8, 4) is 5.75 Å². The third kappa shape index (κ3) is 5.22. The van der Waals surface area contributed by atoms with E-state index in [0.29, 0.717) is 25.3 Å². The third-order valence-corrected chi connectivity index (χ3v) is 4.74. The van der Waals surface area contributed by atoms with Gasteiger partial charge in [0.05, 0.1) is 24.3 Å². The molecule has 0 aromatic carbocycles. The first kappa shape index (κ1) is 15.6. The molecule has 1 aromatic heterocycles. The monoisotopic (exact) mass is 313 g/mol. The summed E-state index contributed by atoms with van der Waals surface area (Å²) in [5.74, 6) is 0.791. The first-order valence-corrected chi connectivity index (χ1v) is 8.65. The smallest absolute Gasteiger partial charge is 0.317 e. The van der Waals surface area contributed by atoms with E-state index >= 15 is 0 Å². The molecule has 0 atom stereocenters. The molecule has 0 bridgehead atoms. The molecular weight excluding hydrogens is 294 g/mol. The number of amides is 2. The molecule has 7 nitrogen and oxygen atoms in total. The summed E-state index contributed by atoms with van der Waals surface area (Å²) in [6.45, 7) is 1.50. The quantitative estimate of drug-likeness (QED) is 0.789. The highest BCUT2D eigenvalue weighted by molar-refractivity contribution is 7.91. The van der Waals surface area contributed by atoms with Crippen molar-refractivity contribution in [3.63, 3.8) is 0 Å². The van der Waals surface area contributed by atoms with Crippen molar-refractivity contribution in [2.45, 2.75) is 6.42 Å². The predicted molar refractivity (Wildman–Crippen MR) is 78.0 cm³/mol. The van der Waals surface area contributed by atoms with E-state index < -0.39 is 9.84 Å². The molecule has 1 fully saturated rings. The lowest BCUT2D eigenvalue weighted by Gasteiger charge is -2.26. The maximum atomic E-state index is 11.8. The van der Waals surface area contributed by atoms with E-state index in [-0.39, 0.29) is 30.6 Å². The van der Waals surface area contributed by atoms with Crippen molar-refractivity contribution in [1.29, 1.82) is 0 Å². The Morgan fingerprint density at radius 3 is 2.81 bits per heavy atom. The second kappa shape index (κ2) is 7.26. The lowest BCUT2D eigenvalue weighted by Crippen LogP contribution is -2.48. The van der Waals surface area contributed by atoms with E-state index in [9.17, 15) is 13.2 Å². The zero-order valence-corrected chi connectivity index (χ0v) is 12.5. The summed E-state index contributed by atoms with van der Waals surface area (Å²) in [5.41, 5.74) is 0. The van der Waals surface area contributed by atoms with E-state index in [1.54, 1.807) is 18.5 Å². The SMILES string of the molecule is O=C(NCCCOc1cccnc1)N1CCS(=O)(=O)CC1. The Balaban J connectivity index is 1.59. The molecule has 0 unspecified atom stereocenters. The second-order valence-electron chi connectivity index (χ2n) is 4.76. The highest BCUT2D eigenvalue weighted by Crippen LogP contribution is 2.06. The Labute approximate surface area is 124 Å². The molecule has 1 aliphatic heterocycles. The molecule has 1 saturated heterocycles. The molecule has 1 N–H and O–H groups in total. The molecule has 0 radical (unpaired) electrons. The van der Waals surface area contributed by atoms with Crippen LogP contribution >= 0.6 is 0 Å². The van der Waals surface area contributed by atoms with E-state index in [4.69, 9.17) is 4.74 Å². The van der Waals surface area contributed by atoms with Crippen LogP contribution in [0.3, 0.4) is 0 Å². The minimum atomic E-state index is -2.96. The largest absolute Gasteiger partial charge is 0.492 e. The lowest BCUT2D eigenvalue weighted by atomic mass is 10.4. The van der Waals surface area contributed by atoms with Crippen LogP contribution < -0.4 is 10.1 Å². The number of hydrogen-bond donors (Lipinski definition) is 1. The third-order valence-electron chi connectivity index (χ3n) is 3.13. The number of nitrogens with one attached hydrogen (secondary N) is 1. The molecule has 2 amide bonds. The molecule has 2 heterocycles. The van der Waals surface area contributed by atoms with Crippen molar-refractivity contribution in [2.75, 3.05) is 37.7 Å². The number of ether oxygens (including phenoxy) is 1. The Morgan fingerprint density at radius 1 is 1.38 bits per heavy atom. The molecule has 1 aromatic rings. The molecule has 0 aliphatic carbocycles. The molecule has 0 saturated carbocycles. The first-order chi connectivity index (χ1) is 10.1. The van der Waals surface area contributed by atoms with Gasteiger partial charge in [-0.25, -0.2) is 13.2 Å². The molecule has 0 spiro atoms. The minimum Gasteiger partial charge on any atom is -0.492 e. The number of aromatic nitrogens is 1. The summed E-state index contributed by atoms with van der Waals surface area (Å²) in [5, 5.41) is 2.76. The van der Waals surface area contributed by atoms with Gasteiger partial charge in [0.25, 0.3) is 0 Å². The Morgan fingerprint density at radius 2 is 2.14 bits per heavy atom. The van der Waals surface area contributed by atoms with Gasteiger partial charge in [-0.05, 0) is 18.6 Å². The number of rotatable bonds is 5. The van der Waals surface area contributed by atoms with Crippen LogP contribution in [-0.2, 0) is 9.84 Å². The van der Waals surface area contributed by atoms with Gasteiger partial charge in [0.15, 0.2) is 9.84 Å². The Kier molecular flexibility index (Phi) is 5.38. The van der Waals surface area contributed by atoms with E-state index in [1.165, 1.54) is 4.90 Å². The first-order valence-electron chi connectivity index (χ1n) is 6.83. The van der Waals surface area contributed by atoms with Gasteiger partial charge in [-0.15, -0.1) is 0 Å². The topological polar surface area (TPSA) is 88.6 Å². The number of carbonyl (C=O) groups excluding carboxylic acids is 1. The molecule has 2 rings (SSSR count). The van der Waals surface area contributed by atoms with Crippen molar-refractivity contribution in [3.05, 3.63) is 24.5 Å². The van der Waals surface area contributed by atoms with Gasteiger partial charge in [0, 0.05) is 25.8 Å². The fraction of sp³-hybridized carbons (Fsp3) is 0.538. The fourth-order valence-corrected chi connectivity index (χ4v) is 3.12. The van der Waals surface area contributed by atoms with Crippen LogP contribution in [0.4, 0.5) is 4.79 Å². The number of sulfone groups is 1. The molecule has 116 valence electrons. The maximum Gasteiger partial charge on any atom is 0.317 e. The van der Waals surface area contributed by atoms with Gasteiger partial charge < -0.3 is 15.0 Å². The molecular formula is C13H19N3O4S. The van der Waals surface area contributed by atoms with Gasteiger partial charge in [0.1, 0.15) is 5.75 Å². The number of urea groups is 1. The zero-order valence-electron chi connectivity index (χ0n) is 11.7. The maximum absolute atomic E-state index is 11.8. The summed E-state index contributed by atoms with van der Waals surface area (Å²) in [6.07, 6.45) is 3.98. The fourth-order valence-electron chi connectivity index (χ4n) is 1.92. The summed E-state index contributed by atoms with van der Waals surface area (Å²) < 4.78 is 28.0. The van der Waals surface area contributed by atoms with E-state index in [2.05, 4.69) is 10.3 Å². The van der Waals surface area contributed by atoms with Gasteiger partial charge in [-0.2, -0.15) is 0 Å². The Hall–Kier alpha value is -1.83. The van der Waals surface area contributed by atoms with Crippen molar-refractivity contribution in [1.82, 2.24) is 15.2 Å². The minimum absolute atomic E-state index is 0.0462. The summed E-state index contributed by atoms with van der Waals surface area (Å²) in [4.78, 5) is 17.3. The highest BCUT2D eigenvalue weighted by Gasteiger charge is 2.24. The average Bonchev–Trinajstić information content (AvgIpc) is 2.47. The number of nitrogens with zero attached hydrogens (tertiary/aromatic N) is 2. The summed E-state index contributed by atoms with van der Waals surface area (Å²) in [7, 11) is -2.96. The van der Waals surface area contributed by atoms with Crippen LogP contribution in [-0.4, -0.2) is 62.1 Å². The number of pyridine rings is 1. The average molecular weight is 313 g/mol. The Bertz CT molecular complexity index is 548. The van der Waals surface area contributed by atoms with Gasteiger partial charge in [-0.3, -0.25) is 4.98 Å². The van der Waals surface area contributed by atoms with Crippen LogP contribution in [0.1, 0.15) is 6.42 Å².